The van der Waals surface area contributed by atoms with E-state index in [0.717, 1.165) is 81.3 Å². The summed E-state index contributed by atoms with van der Waals surface area (Å²) in [5.74, 6) is -1.25. The first kappa shape index (κ1) is 33.4. The number of carbonyl (C=O) groups is 2. The molecule has 0 bridgehead atoms. The van der Waals surface area contributed by atoms with Crippen molar-refractivity contribution in [2.45, 2.75) is 38.8 Å². The summed E-state index contributed by atoms with van der Waals surface area (Å²) in [6.45, 7) is 2.69. The summed E-state index contributed by atoms with van der Waals surface area (Å²) in [6.07, 6.45) is 5.56. The number of hydrogen-bond acceptors (Lipinski definition) is 5. The number of amides is 2. The van der Waals surface area contributed by atoms with Gasteiger partial charge in [-0.2, -0.15) is 5.10 Å². The Morgan fingerprint density at radius 2 is 1.79 bits per heavy atom. The van der Waals surface area contributed by atoms with Gasteiger partial charge in [0.1, 0.15) is 12.4 Å². The summed E-state index contributed by atoms with van der Waals surface area (Å²) in [7, 11) is 2.85. The number of likely N-dealkylation sites (N-methyl/N-ethyl adjacent to an activating group) is 1. The zero-order chi connectivity index (χ0) is 33.3. The number of fused-ring (bicyclic) bond motifs is 1. The average Bonchev–Trinajstić information content (AvgIpc) is 3.52. The van der Waals surface area contributed by atoms with Crippen LogP contribution in [-0.4, -0.2) is 77.1 Å². The maximum absolute atomic E-state index is 14.0. The van der Waals surface area contributed by atoms with Crippen LogP contribution in [0.2, 0.25) is 0 Å². The second kappa shape index (κ2) is 15.6. The molecule has 47 heavy (non-hydrogen) atoms. The predicted octanol–water partition coefficient (Wildman–Crippen LogP) is 7.40. The van der Waals surface area contributed by atoms with Gasteiger partial charge in [-0.25, -0.2) is 13.9 Å². The minimum absolute atomic E-state index is 0.00421. The summed E-state index contributed by atoms with van der Waals surface area (Å²) in [5, 5.41) is 15.3. The maximum Gasteiger partial charge on any atom is 0.407 e. The van der Waals surface area contributed by atoms with E-state index in [1.807, 2.05) is 53.3 Å². The van der Waals surface area contributed by atoms with Crippen molar-refractivity contribution in [1.82, 2.24) is 19.6 Å². The van der Waals surface area contributed by atoms with E-state index in [-0.39, 0.29) is 25.9 Å². The first-order valence-corrected chi connectivity index (χ1v) is 15.9. The Kier molecular flexibility index (Phi) is 11.1. The topological polar surface area (TPSA) is 97.1 Å². The summed E-state index contributed by atoms with van der Waals surface area (Å²) >= 11 is 0. The van der Waals surface area contributed by atoms with Crippen molar-refractivity contribution >= 4 is 34.0 Å². The Balaban J connectivity index is 1.38. The lowest BCUT2D eigenvalue weighted by Gasteiger charge is -2.23. The lowest BCUT2D eigenvalue weighted by molar-refractivity contribution is -0.126. The van der Waals surface area contributed by atoms with Gasteiger partial charge in [0, 0.05) is 32.6 Å². The van der Waals surface area contributed by atoms with Crippen molar-refractivity contribution in [3.63, 3.8) is 0 Å². The molecule has 1 N–H and O–H groups in total. The molecule has 0 radical (unpaired) electrons. The van der Waals surface area contributed by atoms with E-state index in [2.05, 4.69) is 37.3 Å². The minimum Gasteiger partial charge on any atom is -0.492 e. The molecule has 5 rings (SSSR count). The molecule has 10 heteroatoms. The highest BCUT2D eigenvalue weighted by atomic mass is 19.1. The van der Waals surface area contributed by atoms with E-state index in [1.165, 1.54) is 19.7 Å². The van der Waals surface area contributed by atoms with Crippen molar-refractivity contribution in [3.05, 3.63) is 108 Å². The lowest BCUT2D eigenvalue weighted by Crippen LogP contribution is -2.34. The Morgan fingerprint density at radius 1 is 1.04 bits per heavy atom. The molecule has 0 saturated carbocycles. The Labute approximate surface area is 274 Å². The first-order chi connectivity index (χ1) is 22.8. The molecule has 4 aromatic rings. The van der Waals surface area contributed by atoms with E-state index >= 15 is 0 Å². The number of nitrogens with zero attached hydrogens (tertiary/aromatic N) is 4. The molecule has 1 saturated heterocycles. The molecule has 3 aromatic carbocycles. The van der Waals surface area contributed by atoms with Crippen LogP contribution in [0.25, 0.3) is 22.0 Å². The van der Waals surface area contributed by atoms with Gasteiger partial charge in [-0.1, -0.05) is 55.5 Å². The zero-order valence-corrected chi connectivity index (χ0v) is 27.1. The highest BCUT2D eigenvalue weighted by molar-refractivity contribution is 6.00. The van der Waals surface area contributed by atoms with Gasteiger partial charge < -0.3 is 24.4 Å². The Morgan fingerprint density at radius 3 is 2.45 bits per heavy atom. The number of benzene rings is 3. The van der Waals surface area contributed by atoms with Crippen molar-refractivity contribution in [2.24, 2.45) is 0 Å². The molecule has 1 unspecified atom stereocenters. The molecule has 2 amide bonds. The molecule has 1 aromatic heterocycles. The highest BCUT2D eigenvalue weighted by Crippen LogP contribution is 2.37. The first-order valence-electron chi connectivity index (χ1n) is 15.9. The number of aromatic nitrogens is 2. The van der Waals surface area contributed by atoms with Crippen LogP contribution in [0.5, 0.6) is 5.75 Å². The van der Waals surface area contributed by atoms with Crippen molar-refractivity contribution in [1.29, 1.82) is 0 Å². The van der Waals surface area contributed by atoms with Gasteiger partial charge in [-0.15, -0.1) is 0 Å². The quantitative estimate of drug-likeness (QED) is 0.128. The van der Waals surface area contributed by atoms with Gasteiger partial charge in [0.25, 0.3) is 5.91 Å². The van der Waals surface area contributed by atoms with E-state index in [4.69, 9.17) is 14.6 Å². The van der Waals surface area contributed by atoms with E-state index < -0.39 is 17.8 Å². The Hall–Kier alpha value is -4.96. The highest BCUT2D eigenvalue weighted by Gasteiger charge is 2.20. The monoisotopic (exact) mass is 640 g/mol. The van der Waals surface area contributed by atoms with Crippen LogP contribution in [0.4, 0.5) is 9.18 Å². The summed E-state index contributed by atoms with van der Waals surface area (Å²) in [5.41, 5.74) is 6.57. The molecule has 0 spiro atoms. The number of halogens is 1. The van der Waals surface area contributed by atoms with Crippen LogP contribution in [0.15, 0.2) is 90.9 Å². The largest absolute Gasteiger partial charge is 0.492 e. The SMILES string of the molecule is CCC(=C(c1ccc(OCCN(CC=C(F)C(=O)N(C)C)C(=O)O)cc1)c1ccc2c(cnn2C2CCCCO2)c1)c1ccccc1. The van der Waals surface area contributed by atoms with Crippen LogP contribution < -0.4 is 4.74 Å². The van der Waals surface area contributed by atoms with Crippen molar-refractivity contribution < 1.29 is 28.6 Å². The zero-order valence-electron chi connectivity index (χ0n) is 27.1. The molecule has 1 aliphatic heterocycles. The fraction of sp³-hybridized carbons (Fsp3) is 0.324. The average molecular weight is 641 g/mol. The van der Waals surface area contributed by atoms with E-state index in [0.29, 0.717) is 5.75 Å². The summed E-state index contributed by atoms with van der Waals surface area (Å²) in [4.78, 5) is 25.5. The molecule has 1 atom stereocenters. The molecule has 1 fully saturated rings. The molecule has 1 aliphatic rings. The van der Waals surface area contributed by atoms with Crippen LogP contribution in [0, 0.1) is 0 Å². The van der Waals surface area contributed by atoms with Gasteiger partial charge in [-0.3, -0.25) is 4.79 Å². The lowest BCUT2D eigenvalue weighted by atomic mass is 9.88. The number of carbonyl (C=O) groups excluding carboxylic acids is 1. The van der Waals surface area contributed by atoms with Crippen LogP contribution in [0.1, 0.15) is 55.5 Å². The minimum atomic E-state index is -1.23. The third kappa shape index (κ3) is 8.07. The van der Waals surface area contributed by atoms with Gasteiger partial charge >= 0.3 is 6.09 Å². The smallest absolute Gasteiger partial charge is 0.407 e. The third-order valence-corrected chi connectivity index (χ3v) is 8.24. The normalized spacial score (nSPS) is 15.7. The maximum atomic E-state index is 14.0. The second-order valence-corrected chi connectivity index (χ2v) is 11.6. The number of allylic oxidation sites excluding steroid dienone is 1. The molecule has 2 heterocycles. The van der Waals surface area contributed by atoms with Crippen LogP contribution in [0.3, 0.4) is 0 Å². The standard InChI is InChI=1S/C37H41FN4O5/c1-4-31(26-10-6-5-7-11-26)35(28-15-18-33-29(24-28)25-39-42(33)34-12-8-9-22-47-34)27-13-16-30(17-14-27)46-23-21-41(37(44)45)20-19-32(38)36(43)40(2)3/h5-7,10-11,13-19,24-25,34H,4,8-9,12,20-23H2,1-3H3,(H,44,45). The number of rotatable bonds is 12. The third-order valence-electron chi connectivity index (χ3n) is 8.24. The van der Waals surface area contributed by atoms with Crippen LogP contribution in [-0.2, 0) is 9.53 Å². The summed E-state index contributed by atoms with van der Waals surface area (Å²) < 4.78 is 27.9. The molecule has 246 valence electrons. The van der Waals surface area contributed by atoms with E-state index in [1.54, 1.807) is 0 Å². The van der Waals surface area contributed by atoms with E-state index in [9.17, 15) is 19.1 Å². The van der Waals surface area contributed by atoms with Crippen molar-refractivity contribution in [2.75, 3.05) is 40.4 Å². The molecule has 0 aliphatic carbocycles. The van der Waals surface area contributed by atoms with Crippen LogP contribution >= 0.6 is 0 Å². The second-order valence-electron chi connectivity index (χ2n) is 11.6. The fourth-order valence-electron chi connectivity index (χ4n) is 5.78. The molecular weight excluding hydrogens is 599 g/mol. The van der Waals surface area contributed by atoms with Gasteiger partial charge in [-0.05, 0) is 83.9 Å². The number of ether oxygens (including phenoxy) is 2. The number of carboxylic acid groups (broad SMARTS) is 1. The molecule has 9 nitrogen and oxygen atoms in total. The number of hydrogen-bond donors (Lipinski definition) is 1. The van der Waals surface area contributed by atoms with Gasteiger partial charge in [0.05, 0.1) is 18.3 Å². The fourth-order valence-corrected chi connectivity index (χ4v) is 5.78. The van der Waals surface area contributed by atoms with Gasteiger partial charge in [0.15, 0.2) is 12.1 Å². The van der Waals surface area contributed by atoms with Crippen molar-refractivity contribution in [3.8, 4) is 5.75 Å². The Bertz CT molecular complexity index is 1740. The molecular formula is C37H41FN4O5. The van der Waals surface area contributed by atoms with Gasteiger partial charge in [0.2, 0.25) is 0 Å². The summed E-state index contributed by atoms with van der Waals surface area (Å²) in [6, 6.07) is 24.5. The predicted molar refractivity (Wildman–Crippen MR) is 181 cm³/mol.